The van der Waals surface area contributed by atoms with Crippen molar-refractivity contribution in [3.8, 4) is 11.1 Å². The van der Waals surface area contributed by atoms with E-state index in [-0.39, 0.29) is 29.7 Å². The van der Waals surface area contributed by atoms with Crippen LogP contribution >= 0.6 is 11.3 Å². The van der Waals surface area contributed by atoms with E-state index in [0.717, 1.165) is 16.7 Å². The van der Waals surface area contributed by atoms with Crippen molar-refractivity contribution in [3.63, 3.8) is 0 Å². The number of hydrogen-bond acceptors (Lipinski definition) is 5. The number of benzene rings is 2. The molecule has 4 rings (SSSR count). The van der Waals surface area contributed by atoms with E-state index in [1.165, 1.54) is 34.7 Å². The standard InChI is InChI=1S/C24H24N2O4S2/c1-17-6-8-19(9-7-17)22-10-15-31-23(22)24(28)25-11-13-26(14-12-25)32(29,30)21-5-3-4-20(16-21)18(2)27/h3-10,15-16H,11-14H2,1-2H3. The third-order valence-corrected chi connectivity index (χ3v) is 8.42. The Morgan fingerprint density at radius 2 is 1.62 bits per heavy atom. The fraction of sp³-hybridized carbons (Fsp3) is 0.250. The highest BCUT2D eigenvalue weighted by molar-refractivity contribution is 7.89. The van der Waals surface area contributed by atoms with Crippen LogP contribution in [0, 0.1) is 6.92 Å². The quantitative estimate of drug-likeness (QED) is 0.529. The van der Waals surface area contributed by atoms with E-state index in [1.807, 2.05) is 42.6 Å². The van der Waals surface area contributed by atoms with E-state index >= 15 is 0 Å². The van der Waals surface area contributed by atoms with Crippen LogP contribution in [-0.2, 0) is 10.0 Å². The van der Waals surface area contributed by atoms with Crippen LogP contribution in [0.5, 0.6) is 0 Å². The van der Waals surface area contributed by atoms with Crippen molar-refractivity contribution in [3.05, 3.63) is 76.0 Å². The van der Waals surface area contributed by atoms with Gasteiger partial charge in [-0.25, -0.2) is 8.42 Å². The number of amides is 1. The monoisotopic (exact) mass is 468 g/mol. The lowest BCUT2D eigenvalue weighted by Gasteiger charge is -2.34. The van der Waals surface area contributed by atoms with Crippen molar-refractivity contribution in [2.24, 2.45) is 0 Å². The molecule has 0 spiro atoms. The summed E-state index contributed by atoms with van der Waals surface area (Å²) in [6, 6.07) is 16.1. The Labute approximate surface area is 192 Å². The lowest BCUT2D eigenvalue weighted by Crippen LogP contribution is -2.50. The topological polar surface area (TPSA) is 74.8 Å². The Kier molecular flexibility index (Phi) is 6.28. The molecule has 2 aromatic carbocycles. The van der Waals surface area contributed by atoms with Gasteiger partial charge in [-0.2, -0.15) is 4.31 Å². The van der Waals surface area contributed by atoms with E-state index in [0.29, 0.717) is 23.5 Å². The maximum absolute atomic E-state index is 13.2. The smallest absolute Gasteiger partial charge is 0.264 e. The van der Waals surface area contributed by atoms with E-state index < -0.39 is 10.0 Å². The molecule has 1 amide bonds. The van der Waals surface area contributed by atoms with Crippen LogP contribution in [0.25, 0.3) is 11.1 Å². The first-order chi connectivity index (χ1) is 15.3. The van der Waals surface area contributed by atoms with Gasteiger partial charge in [0.15, 0.2) is 5.78 Å². The largest absolute Gasteiger partial charge is 0.335 e. The van der Waals surface area contributed by atoms with Crippen LogP contribution in [0.3, 0.4) is 0 Å². The number of aryl methyl sites for hydroxylation is 1. The molecule has 0 N–H and O–H groups in total. The molecule has 1 aliphatic heterocycles. The van der Waals surface area contributed by atoms with Gasteiger partial charge in [-0.15, -0.1) is 11.3 Å². The second-order valence-electron chi connectivity index (χ2n) is 7.81. The van der Waals surface area contributed by atoms with Crippen molar-refractivity contribution in [1.82, 2.24) is 9.21 Å². The average Bonchev–Trinajstić information content (AvgIpc) is 3.29. The molecule has 1 aromatic heterocycles. The first kappa shape index (κ1) is 22.4. The summed E-state index contributed by atoms with van der Waals surface area (Å²) in [5.41, 5.74) is 3.41. The summed E-state index contributed by atoms with van der Waals surface area (Å²) in [6.07, 6.45) is 0. The summed E-state index contributed by atoms with van der Waals surface area (Å²) in [7, 11) is -3.73. The molecule has 0 atom stereocenters. The second-order valence-corrected chi connectivity index (χ2v) is 10.7. The third kappa shape index (κ3) is 4.39. The molecule has 0 radical (unpaired) electrons. The molecule has 6 nitrogen and oxygen atoms in total. The molecule has 0 unspecified atom stereocenters. The van der Waals surface area contributed by atoms with E-state index in [1.54, 1.807) is 17.0 Å². The van der Waals surface area contributed by atoms with Gasteiger partial charge in [0, 0.05) is 37.3 Å². The molecular weight excluding hydrogens is 444 g/mol. The highest BCUT2D eigenvalue weighted by Crippen LogP contribution is 2.30. The van der Waals surface area contributed by atoms with Gasteiger partial charge < -0.3 is 4.90 Å². The van der Waals surface area contributed by atoms with Crippen LogP contribution in [-0.4, -0.2) is 55.5 Å². The zero-order valence-corrected chi connectivity index (χ0v) is 19.6. The maximum atomic E-state index is 13.2. The summed E-state index contributed by atoms with van der Waals surface area (Å²) in [4.78, 5) is 27.3. The molecule has 8 heteroatoms. The minimum absolute atomic E-state index is 0.0776. The number of piperazine rings is 1. The molecular formula is C24H24N2O4S2. The predicted octanol–water partition coefficient (Wildman–Crippen LogP) is 4.07. The summed E-state index contributed by atoms with van der Waals surface area (Å²) in [6.45, 7) is 4.48. The van der Waals surface area contributed by atoms with Crippen LogP contribution in [0.15, 0.2) is 64.9 Å². The Morgan fingerprint density at radius 1 is 0.938 bits per heavy atom. The molecule has 32 heavy (non-hydrogen) atoms. The van der Waals surface area contributed by atoms with Gasteiger partial charge >= 0.3 is 0 Å². The predicted molar refractivity (Wildman–Crippen MR) is 126 cm³/mol. The highest BCUT2D eigenvalue weighted by atomic mass is 32.2. The number of carbonyl (C=O) groups is 2. The zero-order valence-electron chi connectivity index (χ0n) is 17.9. The number of Topliss-reactive ketones (excluding diaryl/α,β-unsaturated/α-hetero) is 1. The number of hydrogen-bond donors (Lipinski definition) is 0. The van der Waals surface area contributed by atoms with Crippen LogP contribution in [0.2, 0.25) is 0 Å². The summed E-state index contributed by atoms with van der Waals surface area (Å²) < 4.78 is 27.5. The van der Waals surface area contributed by atoms with E-state index in [2.05, 4.69) is 0 Å². The van der Waals surface area contributed by atoms with E-state index in [9.17, 15) is 18.0 Å². The number of ketones is 1. The number of thiophene rings is 1. The lowest BCUT2D eigenvalue weighted by atomic mass is 10.0. The Morgan fingerprint density at radius 3 is 2.28 bits per heavy atom. The third-order valence-electron chi connectivity index (χ3n) is 5.63. The Balaban J connectivity index is 1.48. The van der Waals surface area contributed by atoms with Crippen LogP contribution in [0.4, 0.5) is 0 Å². The number of rotatable bonds is 5. The number of carbonyl (C=O) groups excluding carboxylic acids is 2. The van der Waals surface area contributed by atoms with Crippen molar-refractivity contribution in [1.29, 1.82) is 0 Å². The molecule has 1 aliphatic rings. The SMILES string of the molecule is CC(=O)c1cccc(S(=O)(=O)N2CCN(C(=O)c3sccc3-c3ccc(C)cc3)CC2)c1. The van der Waals surface area contributed by atoms with Crippen molar-refractivity contribution >= 4 is 33.1 Å². The molecule has 1 saturated heterocycles. The number of sulfonamides is 1. The highest BCUT2D eigenvalue weighted by Gasteiger charge is 2.31. The van der Waals surface area contributed by atoms with Crippen LogP contribution < -0.4 is 0 Å². The minimum Gasteiger partial charge on any atom is -0.335 e. The van der Waals surface area contributed by atoms with Gasteiger partial charge in [0.25, 0.3) is 5.91 Å². The summed E-state index contributed by atoms with van der Waals surface area (Å²) in [5, 5.41) is 1.91. The zero-order chi connectivity index (χ0) is 22.9. The molecule has 0 bridgehead atoms. The Bertz CT molecular complexity index is 1260. The molecule has 3 aromatic rings. The van der Waals surface area contributed by atoms with Crippen molar-refractivity contribution in [2.45, 2.75) is 18.7 Å². The molecule has 0 aliphatic carbocycles. The fourth-order valence-electron chi connectivity index (χ4n) is 3.74. The summed E-state index contributed by atoms with van der Waals surface area (Å²) >= 11 is 1.40. The molecule has 1 fully saturated rings. The van der Waals surface area contributed by atoms with Gasteiger partial charge in [0.1, 0.15) is 0 Å². The lowest BCUT2D eigenvalue weighted by molar-refractivity contribution is 0.0703. The molecule has 0 saturated carbocycles. The molecule has 166 valence electrons. The van der Waals surface area contributed by atoms with Gasteiger partial charge in [-0.05, 0) is 43.0 Å². The summed E-state index contributed by atoms with van der Waals surface area (Å²) in [5.74, 6) is -0.260. The van der Waals surface area contributed by atoms with E-state index in [4.69, 9.17) is 0 Å². The number of nitrogens with zero attached hydrogens (tertiary/aromatic N) is 2. The second kappa shape index (κ2) is 8.97. The van der Waals surface area contributed by atoms with Crippen molar-refractivity contribution in [2.75, 3.05) is 26.2 Å². The first-order valence-electron chi connectivity index (χ1n) is 10.3. The van der Waals surface area contributed by atoms with Crippen molar-refractivity contribution < 1.29 is 18.0 Å². The van der Waals surface area contributed by atoms with Gasteiger partial charge in [-0.3, -0.25) is 9.59 Å². The van der Waals surface area contributed by atoms with Crippen LogP contribution in [0.1, 0.15) is 32.5 Å². The average molecular weight is 469 g/mol. The Hall–Kier alpha value is -2.81. The maximum Gasteiger partial charge on any atom is 0.264 e. The van der Waals surface area contributed by atoms with Gasteiger partial charge in [0.2, 0.25) is 10.0 Å². The fourth-order valence-corrected chi connectivity index (χ4v) is 6.09. The minimum atomic E-state index is -3.73. The normalized spacial score (nSPS) is 15.0. The molecule has 2 heterocycles. The van der Waals surface area contributed by atoms with Gasteiger partial charge in [-0.1, -0.05) is 42.0 Å². The first-order valence-corrected chi connectivity index (χ1v) is 12.6. The van der Waals surface area contributed by atoms with Gasteiger partial charge in [0.05, 0.1) is 9.77 Å².